The summed E-state index contributed by atoms with van der Waals surface area (Å²) in [5.41, 5.74) is 3.34. The smallest absolute Gasteiger partial charge is 0.302 e. The lowest BCUT2D eigenvalue weighted by Gasteiger charge is -2.38. The van der Waals surface area contributed by atoms with Gasteiger partial charge in [0.25, 0.3) is 0 Å². The highest BCUT2D eigenvalue weighted by Gasteiger charge is 2.34. The molecule has 0 saturated heterocycles. The maximum Gasteiger partial charge on any atom is 0.302 e. The Kier molecular flexibility index (Phi) is 7.52. The number of sulfone groups is 1. The van der Waals surface area contributed by atoms with Crippen molar-refractivity contribution < 1.29 is 17.9 Å². The van der Waals surface area contributed by atoms with E-state index < -0.39 is 9.84 Å². The number of hydrogen-bond acceptors (Lipinski definition) is 4. The Labute approximate surface area is 179 Å². The van der Waals surface area contributed by atoms with Gasteiger partial charge in [0, 0.05) is 23.8 Å². The molecule has 0 saturated carbocycles. The second kappa shape index (κ2) is 9.31. The van der Waals surface area contributed by atoms with Crippen LogP contribution in [0.2, 0.25) is 5.02 Å². The summed E-state index contributed by atoms with van der Waals surface area (Å²) in [4.78, 5) is 11.5. The average Bonchev–Trinajstić information content (AvgIpc) is 2.58. The Bertz CT molecular complexity index is 951. The predicted molar refractivity (Wildman–Crippen MR) is 117 cm³/mol. The van der Waals surface area contributed by atoms with Crippen LogP contribution in [0.15, 0.2) is 63.4 Å². The van der Waals surface area contributed by atoms with E-state index in [1.54, 1.807) is 18.2 Å². The molecule has 0 heterocycles. The van der Waals surface area contributed by atoms with Gasteiger partial charge in [0.15, 0.2) is 9.84 Å². The third kappa shape index (κ3) is 6.58. The highest BCUT2D eigenvalue weighted by atomic mass is 35.5. The van der Waals surface area contributed by atoms with E-state index in [9.17, 15) is 13.2 Å². The van der Waals surface area contributed by atoms with E-state index in [4.69, 9.17) is 16.3 Å². The lowest BCUT2D eigenvalue weighted by molar-refractivity contribution is -0.147. The number of carbonyl (C=O) groups is 1. The quantitative estimate of drug-likeness (QED) is 0.310. The van der Waals surface area contributed by atoms with E-state index in [-0.39, 0.29) is 22.4 Å². The molecule has 0 aromatic heterocycles. The average molecular weight is 437 g/mol. The van der Waals surface area contributed by atoms with Crippen molar-refractivity contribution in [3.63, 3.8) is 0 Å². The first-order valence-electron chi connectivity index (χ1n) is 9.62. The standard InChI is InChI=1S/C23H29ClO4S/c1-16(12-13-29(26,27)21-9-7-19(24)8-10-21)6-11-22-17(2)14-20(28-18(3)25)15-23(22,4)5/h6-10,12-13,20H,11,14-15H2,1-5H3/t20-/m1/s1. The van der Waals surface area contributed by atoms with Gasteiger partial charge in [-0.1, -0.05) is 48.2 Å². The lowest BCUT2D eigenvalue weighted by atomic mass is 9.70. The summed E-state index contributed by atoms with van der Waals surface area (Å²) in [7, 11) is -3.51. The number of ether oxygens (including phenoxy) is 1. The molecular weight excluding hydrogens is 408 g/mol. The Balaban J connectivity index is 2.13. The van der Waals surface area contributed by atoms with Gasteiger partial charge >= 0.3 is 5.97 Å². The number of benzene rings is 1. The summed E-state index contributed by atoms with van der Waals surface area (Å²) in [5.74, 6) is -0.246. The molecule has 0 bridgehead atoms. The van der Waals surface area contributed by atoms with Crippen LogP contribution in [0.3, 0.4) is 0 Å². The number of allylic oxidation sites excluding steroid dienone is 4. The molecule has 0 spiro atoms. The monoisotopic (exact) mass is 436 g/mol. The molecule has 0 fully saturated rings. The molecule has 1 aliphatic carbocycles. The summed E-state index contributed by atoms with van der Waals surface area (Å²) < 4.78 is 30.3. The molecule has 4 nitrogen and oxygen atoms in total. The molecule has 1 atom stereocenters. The molecule has 29 heavy (non-hydrogen) atoms. The fraction of sp³-hybridized carbons (Fsp3) is 0.435. The van der Waals surface area contributed by atoms with Crippen LogP contribution in [0.5, 0.6) is 0 Å². The zero-order valence-electron chi connectivity index (χ0n) is 17.7. The molecule has 0 amide bonds. The summed E-state index contributed by atoms with van der Waals surface area (Å²) in [6.07, 6.45) is 5.85. The van der Waals surface area contributed by atoms with Crippen molar-refractivity contribution in [3.05, 3.63) is 63.6 Å². The molecule has 1 aromatic rings. The predicted octanol–water partition coefficient (Wildman–Crippen LogP) is 6.03. The van der Waals surface area contributed by atoms with Crippen LogP contribution in [0.4, 0.5) is 0 Å². The Morgan fingerprint density at radius 1 is 1.24 bits per heavy atom. The Morgan fingerprint density at radius 3 is 2.41 bits per heavy atom. The molecular formula is C23H29ClO4S. The molecule has 0 aliphatic heterocycles. The van der Waals surface area contributed by atoms with Gasteiger partial charge in [-0.15, -0.1) is 0 Å². The first kappa shape index (κ1) is 23.4. The van der Waals surface area contributed by atoms with Gasteiger partial charge in [-0.3, -0.25) is 4.79 Å². The van der Waals surface area contributed by atoms with Gasteiger partial charge in [0.05, 0.1) is 4.90 Å². The van der Waals surface area contributed by atoms with Crippen molar-refractivity contribution in [1.29, 1.82) is 0 Å². The van der Waals surface area contributed by atoms with Gasteiger partial charge in [-0.05, 0) is 62.4 Å². The third-order valence-corrected chi connectivity index (χ3v) is 6.89. The van der Waals surface area contributed by atoms with E-state index >= 15 is 0 Å². The second-order valence-corrected chi connectivity index (χ2v) is 10.5. The third-order valence-electron chi connectivity index (χ3n) is 5.22. The summed E-state index contributed by atoms with van der Waals surface area (Å²) in [5, 5.41) is 1.73. The van der Waals surface area contributed by atoms with Crippen molar-refractivity contribution in [1.82, 2.24) is 0 Å². The highest BCUT2D eigenvalue weighted by Crippen LogP contribution is 2.43. The van der Waals surface area contributed by atoms with Crippen molar-refractivity contribution in [2.45, 2.75) is 64.9 Å². The number of halogens is 1. The van der Waals surface area contributed by atoms with Crippen molar-refractivity contribution in [2.24, 2.45) is 5.41 Å². The lowest BCUT2D eigenvalue weighted by Crippen LogP contribution is -2.31. The zero-order valence-corrected chi connectivity index (χ0v) is 19.2. The van der Waals surface area contributed by atoms with Gasteiger partial charge in [-0.25, -0.2) is 8.42 Å². The van der Waals surface area contributed by atoms with Gasteiger partial charge in [-0.2, -0.15) is 0 Å². The number of rotatable bonds is 6. The van der Waals surface area contributed by atoms with Crippen LogP contribution < -0.4 is 0 Å². The van der Waals surface area contributed by atoms with E-state index in [2.05, 4.69) is 20.8 Å². The first-order chi connectivity index (χ1) is 13.4. The van der Waals surface area contributed by atoms with Crippen molar-refractivity contribution in [2.75, 3.05) is 0 Å². The van der Waals surface area contributed by atoms with Crippen LogP contribution >= 0.6 is 11.6 Å². The maximum atomic E-state index is 12.4. The minimum atomic E-state index is -3.51. The molecule has 1 aromatic carbocycles. The normalized spacial score (nSPS) is 20.2. The molecule has 158 valence electrons. The molecule has 0 unspecified atom stereocenters. The Hall–Kier alpha value is -1.85. The summed E-state index contributed by atoms with van der Waals surface area (Å²) in [6.45, 7) is 9.73. The van der Waals surface area contributed by atoms with E-state index in [0.29, 0.717) is 5.02 Å². The van der Waals surface area contributed by atoms with Crippen LogP contribution in [-0.2, 0) is 19.4 Å². The van der Waals surface area contributed by atoms with E-state index in [0.717, 1.165) is 24.8 Å². The van der Waals surface area contributed by atoms with Crippen molar-refractivity contribution in [3.8, 4) is 0 Å². The number of hydrogen-bond donors (Lipinski definition) is 0. The van der Waals surface area contributed by atoms with Crippen LogP contribution in [-0.4, -0.2) is 20.5 Å². The largest absolute Gasteiger partial charge is 0.462 e. The minimum Gasteiger partial charge on any atom is -0.462 e. The minimum absolute atomic E-state index is 0.0826. The Morgan fingerprint density at radius 2 is 1.86 bits per heavy atom. The van der Waals surface area contributed by atoms with Crippen molar-refractivity contribution >= 4 is 27.4 Å². The van der Waals surface area contributed by atoms with E-state index in [1.807, 2.05) is 13.0 Å². The summed E-state index contributed by atoms with van der Waals surface area (Å²) >= 11 is 5.82. The second-order valence-electron chi connectivity index (χ2n) is 8.24. The SMILES string of the molecule is CC(=O)O[C@@H]1CC(C)=C(CC=C(C)C=CS(=O)(=O)c2ccc(Cl)cc2)C(C)(C)C1. The molecule has 2 rings (SSSR count). The highest BCUT2D eigenvalue weighted by molar-refractivity contribution is 7.94. The molecule has 0 radical (unpaired) electrons. The topological polar surface area (TPSA) is 60.4 Å². The maximum absolute atomic E-state index is 12.4. The van der Waals surface area contributed by atoms with Gasteiger partial charge in [0.1, 0.15) is 6.10 Å². The summed E-state index contributed by atoms with van der Waals surface area (Å²) in [6, 6.07) is 6.13. The molecule has 0 N–H and O–H groups in total. The fourth-order valence-corrected chi connectivity index (χ4v) is 5.00. The van der Waals surface area contributed by atoms with Crippen LogP contribution in [0.1, 0.15) is 53.9 Å². The number of carbonyl (C=O) groups excluding carboxylic acids is 1. The zero-order chi connectivity index (χ0) is 21.8. The van der Waals surface area contributed by atoms with Gasteiger partial charge < -0.3 is 4.74 Å². The molecule has 6 heteroatoms. The van der Waals surface area contributed by atoms with Crippen LogP contribution in [0.25, 0.3) is 0 Å². The van der Waals surface area contributed by atoms with E-state index in [1.165, 1.54) is 35.6 Å². The van der Waals surface area contributed by atoms with Gasteiger partial charge in [0.2, 0.25) is 0 Å². The molecule has 1 aliphatic rings. The first-order valence-corrected chi connectivity index (χ1v) is 11.5. The number of esters is 1. The van der Waals surface area contributed by atoms with Crippen LogP contribution in [0, 0.1) is 5.41 Å². The fourth-order valence-electron chi connectivity index (χ4n) is 3.81.